The molecule has 0 radical (unpaired) electrons. The maximum Gasteiger partial charge on any atom is 0.136 e. The third-order valence-electron chi connectivity index (χ3n) is 5.86. The number of thioether (sulfide) groups is 1. The summed E-state index contributed by atoms with van der Waals surface area (Å²) in [7, 11) is 0. The Morgan fingerprint density at radius 3 is 2.40 bits per heavy atom. The van der Waals surface area contributed by atoms with Crippen molar-refractivity contribution < 1.29 is 9.59 Å². The molecule has 0 aromatic rings. The molecule has 2 aliphatic rings. The zero-order chi connectivity index (χ0) is 18.0. The van der Waals surface area contributed by atoms with Gasteiger partial charge in [0.1, 0.15) is 17.0 Å². The number of unbranched alkanes of at least 4 members (excludes halogenated alkanes) is 3. The first-order valence-corrected chi connectivity index (χ1v) is 12.0. The summed E-state index contributed by atoms with van der Waals surface area (Å²) in [5.74, 6) is 0.768. The Morgan fingerprint density at radius 1 is 1.04 bits per heavy atom. The highest BCUT2D eigenvalue weighted by Crippen LogP contribution is 2.23. The van der Waals surface area contributed by atoms with E-state index >= 15 is 0 Å². The molecule has 1 atom stereocenters. The van der Waals surface area contributed by atoms with Crippen LogP contribution in [0.2, 0.25) is 0 Å². The van der Waals surface area contributed by atoms with Crippen LogP contribution in [-0.2, 0) is 0 Å². The Kier molecular flexibility index (Phi) is 10.1. The highest BCUT2D eigenvalue weighted by molar-refractivity contribution is 8.22. The topological polar surface area (TPSA) is 23.5 Å². The van der Waals surface area contributed by atoms with E-state index in [1.54, 1.807) is 11.8 Å². The number of aliphatic hydroxyl groups is 1. The zero-order valence-electron chi connectivity index (χ0n) is 16.3. The van der Waals surface area contributed by atoms with Gasteiger partial charge < -0.3 is 14.5 Å². The van der Waals surface area contributed by atoms with Crippen LogP contribution >= 0.6 is 24.0 Å². The van der Waals surface area contributed by atoms with E-state index in [0.29, 0.717) is 0 Å². The molecule has 0 aromatic carbocycles. The van der Waals surface area contributed by atoms with Crippen LogP contribution in [0.25, 0.3) is 0 Å². The Balaban J connectivity index is 1.75. The van der Waals surface area contributed by atoms with Gasteiger partial charge in [-0.15, -0.1) is 0 Å². The van der Waals surface area contributed by atoms with Gasteiger partial charge in [-0.05, 0) is 51.4 Å². The van der Waals surface area contributed by atoms with Crippen molar-refractivity contribution in [2.45, 2.75) is 77.2 Å². The fourth-order valence-corrected chi connectivity index (χ4v) is 5.58. The summed E-state index contributed by atoms with van der Waals surface area (Å²) in [6.45, 7) is 9.23. The summed E-state index contributed by atoms with van der Waals surface area (Å²) >= 11 is 7.30. The number of hydrogen-bond acceptors (Lipinski definition) is 3. The van der Waals surface area contributed by atoms with Gasteiger partial charge in [-0.2, -0.15) is 0 Å². The minimum atomic E-state index is -0.225. The van der Waals surface area contributed by atoms with E-state index in [4.69, 9.17) is 12.2 Å². The lowest BCUT2D eigenvalue weighted by Gasteiger charge is -2.43. The van der Waals surface area contributed by atoms with Crippen molar-refractivity contribution in [3.63, 3.8) is 0 Å². The molecule has 0 amide bonds. The molecule has 3 nitrogen and oxygen atoms in total. The van der Waals surface area contributed by atoms with Crippen LogP contribution in [0.1, 0.15) is 71.1 Å². The predicted octanol–water partition coefficient (Wildman–Crippen LogP) is 4.43. The lowest BCUT2D eigenvalue weighted by Crippen LogP contribution is -2.56. The minimum Gasteiger partial charge on any atom is -0.386 e. The van der Waals surface area contributed by atoms with E-state index in [1.807, 2.05) is 0 Å². The Morgan fingerprint density at radius 2 is 1.72 bits per heavy atom. The summed E-state index contributed by atoms with van der Waals surface area (Å²) in [5, 5.41) is 10.7. The van der Waals surface area contributed by atoms with Crippen molar-refractivity contribution >= 4 is 28.3 Å². The smallest absolute Gasteiger partial charge is 0.136 e. The standard InChI is InChI=1S/C20H39N2OS2/c1-2-3-4-9-14-22(15-10-6-11-16-22)17-19(23)18-25-20(24)21-12-7-5-8-13-21/h19,23H,2-18H2,1H3/q+1. The SMILES string of the molecule is CCCCCC[N+]1(CC(O)CSC(=S)N2CCCCC2)CCCCC1. The number of likely N-dealkylation sites (tertiary alicyclic amines) is 2. The lowest BCUT2D eigenvalue weighted by molar-refractivity contribution is -0.935. The third kappa shape index (κ3) is 7.74. The third-order valence-corrected chi connectivity index (χ3v) is 7.53. The van der Waals surface area contributed by atoms with Crippen LogP contribution in [0.15, 0.2) is 0 Å². The van der Waals surface area contributed by atoms with Crippen molar-refractivity contribution in [1.29, 1.82) is 0 Å². The highest BCUT2D eigenvalue weighted by Gasteiger charge is 2.32. The van der Waals surface area contributed by atoms with Gasteiger partial charge in [0.05, 0.1) is 19.6 Å². The molecule has 0 spiro atoms. The van der Waals surface area contributed by atoms with Gasteiger partial charge in [0.15, 0.2) is 0 Å². The molecule has 146 valence electrons. The predicted molar refractivity (Wildman–Crippen MR) is 114 cm³/mol. The molecule has 0 bridgehead atoms. The second-order valence-corrected chi connectivity index (χ2v) is 9.75. The van der Waals surface area contributed by atoms with Crippen LogP contribution in [0.3, 0.4) is 0 Å². The number of hydrogen-bond donors (Lipinski definition) is 1. The van der Waals surface area contributed by atoms with Gasteiger partial charge in [-0.25, -0.2) is 0 Å². The molecule has 2 rings (SSSR count). The lowest BCUT2D eigenvalue weighted by atomic mass is 10.0. The summed E-state index contributed by atoms with van der Waals surface area (Å²) in [6.07, 6.45) is 13.0. The van der Waals surface area contributed by atoms with Gasteiger partial charge in [0.25, 0.3) is 0 Å². The van der Waals surface area contributed by atoms with E-state index < -0.39 is 0 Å². The molecule has 0 aliphatic carbocycles. The van der Waals surface area contributed by atoms with Crippen molar-refractivity contribution in [3.8, 4) is 0 Å². The number of aliphatic hydroxyl groups excluding tert-OH is 1. The summed E-state index contributed by atoms with van der Waals surface area (Å²) in [4.78, 5) is 2.34. The molecule has 2 fully saturated rings. The molecule has 1 unspecified atom stereocenters. The van der Waals surface area contributed by atoms with Gasteiger partial charge in [0.2, 0.25) is 0 Å². The molecule has 25 heavy (non-hydrogen) atoms. The average molecular weight is 388 g/mol. The fraction of sp³-hybridized carbons (Fsp3) is 0.950. The number of rotatable bonds is 9. The minimum absolute atomic E-state index is 0.225. The van der Waals surface area contributed by atoms with Crippen LogP contribution in [-0.4, -0.2) is 69.9 Å². The maximum atomic E-state index is 10.7. The molecule has 1 N–H and O–H groups in total. The number of piperidine rings is 2. The van der Waals surface area contributed by atoms with Crippen molar-refractivity contribution in [2.75, 3.05) is 45.0 Å². The largest absolute Gasteiger partial charge is 0.386 e. The van der Waals surface area contributed by atoms with Crippen LogP contribution in [0, 0.1) is 0 Å². The second-order valence-electron chi connectivity index (χ2n) is 8.09. The van der Waals surface area contributed by atoms with Gasteiger partial charge in [-0.3, -0.25) is 0 Å². The van der Waals surface area contributed by atoms with Crippen LogP contribution in [0.4, 0.5) is 0 Å². The van der Waals surface area contributed by atoms with E-state index in [9.17, 15) is 5.11 Å². The summed E-state index contributed by atoms with van der Waals surface area (Å²) in [5.41, 5.74) is 0. The van der Waals surface area contributed by atoms with Gasteiger partial charge >= 0.3 is 0 Å². The number of nitrogens with zero attached hydrogens (tertiary/aromatic N) is 2. The van der Waals surface area contributed by atoms with Crippen molar-refractivity contribution in [3.05, 3.63) is 0 Å². The molecular formula is C20H39N2OS2+. The molecule has 2 aliphatic heterocycles. The zero-order valence-corrected chi connectivity index (χ0v) is 17.9. The van der Waals surface area contributed by atoms with E-state index in [-0.39, 0.29) is 6.10 Å². The molecule has 0 saturated carbocycles. The first-order chi connectivity index (χ1) is 12.2. The van der Waals surface area contributed by atoms with E-state index in [0.717, 1.165) is 34.2 Å². The summed E-state index contributed by atoms with van der Waals surface area (Å²) in [6, 6.07) is 0. The first-order valence-electron chi connectivity index (χ1n) is 10.6. The van der Waals surface area contributed by atoms with Crippen molar-refractivity contribution in [1.82, 2.24) is 4.90 Å². The summed E-state index contributed by atoms with van der Waals surface area (Å²) < 4.78 is 2.16. The van der Waals surface area contributed by atoms with E-state index in [1.165, 1.54) is 83.8 Å². The quantitative estimate of drug-likeness (QED) is 0.359. The number of thiocarbonyl (C=S) groups is 1. The van der Waals surface area contributed by atoms with Crippen LogP contribution in [0.5, 0.6) is 0 Å². The first kappa shape index (κ1) is 21.5. The normalized spacial score (nSPS) is 21.9. The molecule has 2 saturated heterocycles. The number of quaternary nitrogens is 1. The maximum absolute atomic E-state index is 10.7. The molecule has 5 heteroatoms. The fourth-order valence-electron chi connectivity index (χ4n) is 4.39. The average Bonchev–Trinajstić information content (AvgIpc) is 2.65. The molecule has 0 aromatic heterocycles. The Bertz CT molecular complexity index is 380. The van der Waals surface area contributed by atoms with Crippen LogP contribution < -0.4 is 0 Å². The molecular weight excluding hydrogens is 348 g/mol. The second kappa shape index (κ2) is 11.8. The highest BCUT2D eigenvalue weighted by atomic mass is 32.2. The Labute approximate surface area is 165 Å². The molecule has 2 heterocycles. The monoisotopic (exact) mass is 387 g/mol. The Hall–Kier alpha value is 0.160. The van der Waals surface area contributed by atoms with Gasteiger partial charge in [0, 0.05) is 18.8 Å². The van der Waals surface area contributed by atoms with E-state index in [2.05, 4.69) is 11.8 Å². The van der Waals surface area contributed by atoms with Gasteiger partial charge in [-0.1, -0.05) is 43.7 Å². The van der Waals surface area contributed by atoms with Crippen molar-refractivity contribution in [2.24, 2.45) is 0 Å².